The number of benzene rings is 3. The van der Waals surface area contributed by atoms with Crippen molar-refractivity contribution in [2.75, 3.05) is 22.4 Å². The number of thioether (sulfide) groups is 1. The Kier molecular flexibility index (Phi) is 7.64. The van der Waals surface area contributed by atoms with Crippen molar-refractivity contribution in [3.63, 3.8) is 0 Å². The van der Waals surface area contributed by atoms with Crippen LogP contribution in [-0.4, -0.2) is 27.1 Å². The zero-order valence-electron chi connectivity index (χ0n) is 17.2. The number of carbonyl (C=O) groups excluding carboxylic acids is 1. The van der Waals surface area contributed by atoms with Crippen molar-refractivity contribution in [2.24, 2.45) is 0 Å². The number of halogens is 1. The van der Waals surface area contributed by atoms with Gasteiger partial charge in [0.05, 0.1) is 17.6 Å². The van der Waals surface area contributed by atoms with Crippen LogP contribution in [0.3, 0.4) is 0 Å². The summed E-state index contributed by atoms with van der Waals surface area (Å²) in [7, 11) is -3.62. The Labute approximate surface area is 192 Å². The Morgan fingerprint density at radius 3 is 2.29 bits per heavy atom. The van der Waals surface area contributed by atoms with Crippen molar-refractivity contribution in [2.45, 2.75) is 17.6 Å². The van der Waals surface area contributed by atoms with E-state index < -0.39 is 15.9 Å². The molecule has 0 aliphatic carbocycles. The third-order valence-electron chi connectivity index (χ3n) is 4.48. The van der Waals surface area contributed by atoms with E-state index in [4.69, 9.17) is 11.6 Å². The molecule has 0 aliphatic heterocycles. The Balaban J connectivity index is 1.72. The van der Waals surface area contributed by atoms with Crippen LogP contribution in [0.2, 0.25) is 5.02 Å². The number of aryl methyl sites for hydroxylation is 1. The lowest BCUT2D eigenvalue weighted by atomic mass is 10.2. The number of hydrogen-bond donors (Lipinski definition) is 1. The van der Waals surface area contributed by atoms with Gasteiger partial charge in [-0.15, -0.1) is 11.8 Å². The molecule has 31 heavy (non-hydrogen) atoms. The van der Waals surface area contributed by atoms with E-state index in [-0.39, 0.29) is 6.54 Å². The summed E-state index contributed by atoms with van der Waals surface area (Å²) in [5, 5.41) is 3.54. The van der Waals surface area contributed by atoms with E-state index in [0.29, 0.717) is 22.2 Å². The lowest BCUT2D eigenvalue weighted by molar-refractivity contribution is -0.114. The smallest absolute Gasteiger partial charge is 0.245 e. The van der Waals surface area contributed by atoms with E-state index in [1.54, 1.807) is 30.0 Å². The fourth-order valence-corrected chi connectivity index (χ4v) is 4.82. The average molecular weight is 475 g/mol. The zero-order valence-corrected chi connectivity index (χ0v) is 19.6. The number of nitrogens with zero attached hydrogens (tertiary/aromatic N) is 1. The molecule has 0 saturated heterocycles. The van der Waals surface area contributed by atoms with Crippen LogP contribution in [0.25, 0.3) is 0 Å². The van der Waals surface area contributed by atoms with Crippen LogP contribution in [0.15, 0.2) is 77.7 Å². The van der Waals surface area contributed by atoms with Crippen LogP contribution < -0.4 is 9.62 Å². The number of anilines is 2. The predicted molar refractivity (Wildman–Crippen MR) is 129 cm³/mol. The lowest BCUT2D eigenvalue weighted by Crippen LogP contribution is -2.37. The summed E-state index contributed by atoms with van der Waals surface area (Å²) < 4.78 is 25.7. The molecule has 1 amide bonds. The summed E-state index contributed by atoms with van der Waals surface area (Å²) in [6.07, 6.45) is 1.09. The molecule has 5 nitrogen and oxygen atoms in total. The number of para-hydroxylation sites is 1. The van der Waals surface area contributed by atoms with Crippen molar-refractivity contribution in [1.29, 1.82) is 0 Å². The van der Waals surface area contributed by atoms with E-state index >= 15 is 0 Å². The quantitative estimate of drug-likeness (QED) is 0.447. The maximum atomic E-state index is 12.7. The molecule has 0 spiro atoms. The number of sulfonamides is 1. The van der Waals surface area contributed by atoms with Crippen molar-refractivity contribution in [1.82, 2.24) is 0 Å². The molecule has 0 heterocycles. The SMILES string of the molecule is Cc1ccc(N(CC(=O)Nc2ccccc2SCc2ccc(Cl)cc2)S(C)(=O)=O)cc1. The second-order valence-electron chi connectivity index (χ2n) is 7.06. The molecular formula is C23H23ClN2O3S2. The molecule has 0 aliphatic rings. The van der Waals surface area contributed by atoms with E-state index in [1.807, 2.05) is 61.5 Å². The summed E-state index contributed by atoms with van der Waals surface area (Å²) >= 11 is 7.52. The Morgan fingerprint density at radius 1 is 1.00 bits per heavy atom. The first-order chi connectivity index (χ1) is 14.7. The van der Waals surface area contributed by atoms with E-state index in [2.05, 4.69) is 5.32 Å². The highest BCUT2D eigenvalue weighted by Gasteiger charge is 2.21. The predicted octanol–water partition coefficient (Wildman–Crippen LogP) is 5.35. The first-order valence-corrected chi connectivity index (χ1v) is 12.7. The maximum absolute atomic E-state index is 12.7. The van der Waals surface area contributed by atoms with Gasteiger partial charge in [-0.3, -0.25) is 9.10 Å². The topological polar surface area (TPSA) is 66.5 Å². The van der Waals surface area contributed by atoms with Gasteiger partial charge >= 0.3 is 0 Å². The highest BCUT2D eigenvalue weighted by molar-refractivity contribution is 7.98. The van der Waals surface area contributed by atoms with Crippen molar-refractivity contribution >= 4 is 50.7 Å². The summed E-state index contributed by atoms with van der Waals surface area (Å²) in [5.41, 5.74) is 3.21. The standard InChI is InChI=1S/C23H23ClN2O3S2/c1-17-7-13-20(14-8-17)26(31(2,28)29)15-23(27)25-21-5-3-4-6-22(21)30-16-18-9-11-19(24)12-10-18/h3-14H,15-16H2,1-2H3,(H,25,27). The van der Waals surface area contributed by atoms with Crippen LogP contribution in [0.5, 0.6) is 0 Å². The second-order valence-corrected chi connectivity index (χ2v) is 10.4. The van der Waals surface area contributed by atoms with Gasteiger partial charge in [0.15, 0.2) is 0 Å². The highest BCUT2D eigenvalue weighted by Crippen LogP contribution is 2.30. The van der Waals surface area contributed by atoms with Crippen LogP contribution in [0, 0.1) is 6.92 Å². The number of carbonyl (C=O) groups is 1. The van der Waals surface area contributed by atoms with Gasteiger partial charge in [0.2, 0.25) is 15.9 Å². The first kappa shape index (κ1) is 23.2. The summed E-state index contributed by atoms with van der Waals surface area (Å²) in [6.45, 7) is 1.61. The van der Waals surface area contributed by atoms with Crippen LogP contribution in [-0.2, 0) is 20.6 Å². The van der Waals surface area contributed by atoms with Crippen molar-refractivity contribution < 1.29 is 13.2 Å². The number of nitrogens with one attached hydrogen (secondary N) is 1. The third-order valence-corrected chi connectivity index (χ3v) is 7.02. The molecule has 162 valence electrons. The molecule has 8 heteroatoms. The van der Waals surface area contributed by atoms with E-state index in [1.165, 1.54) is 0 Å². The van der Waals surface area contributed by atoms with Gasteiger partial charge in [-0.05, 0) is 48.9 Å². The van der Waals surface area contributed by atoms with Gasteiger partial charge in [0.25, 0.3) is 0 Å². The molecule has 0 bridgehead atoms. The molecule has 3 aromatic rings. The summed E-state index contributed by atoms with van der Waals surface area (Å²) in [6, 6.07) is 22.1. The van der Waals surface area contributed by atoms with Gasteiger partial charge in [-0.25, -0.2) is 8.42 Å². The third kappa shape index (κ3) is 6.75. The number of hydrogen-bond acceptors (Lipinski definition) is 4. The Morgan fingerprint density at radius 2 is 1.65 bits per heavy atom. The molecule has 1 N–H and O–H groups in total. The number of amides is 1. The average Bonchev–Trinajstić information content (AvgIpc) is 2.72. The molecule has 0 unspecified atom stereocenters. The molecule has 3 aromatic carbocycles. The molecule has 0 fully saturated rings. The molecule has 0 aromatic heterocycles. The first-order valence-electron chi connectivity index (χ1n) is 9.53. The Bertz CT molecular complexity index is 1150. The molecule has 0 atom stereocenters. The van der Waals surface area contributed by atoms with E-state index in [0.717, 1.165) is 26.6 Å². The van der Waals surface area contributed by atoms with Gasteiger partial charge in [0.1, 0.15) is 6.54 Å². The number of rotatable bonds is 8. The van der Waals surface area contributed by atoms with Gasteiger partial charge in [0, 0.05) is 15.7 Å². The van der Waals surface area contributed by atoms with Crippen molar-refractivity contribution in [3.8, 4) is 0 Å². The van der Waals surface area contributed by atoms with Crippen LogP contribution in [0.1, 0.15) is 11.1 Å². The normalized spacial score (nSPS) is 11.2. The highest BCUT2D eigenvalue weighted by atomic mass is 35.5. The maximum Gasteiger partial charge on any atom is 0.245 e. The minimum atomic E-state index is -3.62. The summed E-state index contributed by atoms with van der Waals surface area (Å²) in [5.74, 6) is 0.300. The Hall–Kier alpha value is -2.48. The van der Waals surface area contributed by atoms with Gasteiger partial charge < -0.3 is 5.32 Å². The van der Waals surface area contributed by atoms with Crippen LogP contribution >= 0.6 is 23.4 Å². The molecule has 0 radical (unpaired) electrons. The molecule has 0 saturated carbocycles. The van der Waals surface area contributed by atoms with Crippen LogP contribution in [0.4, 0.5) is 11.4 Å². The van der Waals surface area contributed by atoms with Gasteiger partial charge in [-0.1, -0.05) is 53.6 Å². The summed E-state index contributed by atoms with van der Waals surface area (Å²) in [4.78, 5) is 13.6. The monoisotopic (exact) mass is 474 g/mol. The minimum absolute atomic E-state index is 0.307. The molecule has 3 rings (SSSR count). The van der Waals surface area contributed by atoms with Crippen molar-refractivity contribution in [3.05, 3.63) is 88.9 Å². The lowest BCUT2D eigenvalue weighted by Gasteiger charge is -2.22. The van der Waals surface area contributed by atoms with Gasteiger partial charge in [-0.2, -0.15) is 0 Å². The largest absolute Gasteiger partial charge is 0.323 e. The van der Waals surface area contributed by atoms with E-state index in [9.17, 15) is 13.2 Å². The second kappa shape index (κ2) is 10.2. The fraction of sp³-hybridized carbons (Fsp3) is 0.174. The molecular weight excluding hydrogens is 452 g/mol. The fourth-order valence-electron chi connectivity index (χ4n) is 2.87. The minimum Gasteiger partial charge on any atom is -0.323 e. The zero-order chi connectivity index (χ0) is 22.4.